The lowest BCUT2D eigenvalue weighted by molar-refractivity contribution is 0.627. The predicted octanol–water partition coefficient (Wildman–Crippen LogP) is 11.9. The summed E-state index contributed by atoms with van der Waals surface area (Å²) < 4.78 is 43.2. The van der Waals surface area contributed by atoms with Gasteiger partial charge in [-0.25, -0.2) is 52.4 Å². The lowest BCUT2D eigenvalue weighted by atomic mass is 10.1. The van der Waals surface area contributed by atoms with Crippen molar-refractivity contribution in [2.75, 3.05) is 18.8 Å². The second-order valence-electron chi connectivity index (χ2n) is 14.9. The van der Waals surface area contributed by atoms with Gasteiger partial charge in [0.15, 0.2) is 15.5 Å². The Morgan fingerprint density at radius 1 is 0.397 bits per heavy atom. The number of para-hydroxylation sites is 2. The van der Waals surface area contributed by atoms with E-state index >= 15 is 0 Å². The molecule has 0 aliphatic carbocycles. The average molecular weight is 1030 g/mol. The van der Waals surface area contributed by atoms with E-state index in [0.717, 1.165) is 39.5 Å². The maximum atomic E-state index is 13.4. The minimum Gasteiger partial charge on any atom is -0.231 e. The van der Waals surface area contributed by atoms with Crippen LogP contribution in [0.25, 0.3) is 79.3 Å². The minimum atomic E-state index is -0.294. The minimum absolute atomic E-state index is 0. The molecule has 0 spiro atoms. The lowest BCUT2D eigenvalue weighted by Gasteiger charge is -2.08. The fourth-order valence-electron chi connectivity index (χ4n) is 7.07. The molecule has 11 rings (SSSR count). The van der Waals surface area contributed by atoms with Crippen LogP contribution >= 0.6 is 35.3 Å². The van der Waals surface area contributed by atoms with Gasteiger partial charge < -0.3 is 0 Å². The summed E-state index contributed by atoms with van der Waals surface area (Å²) in [7, 11) is 0. The molecule has 0 amide bonds. The average Bonchev–Trinajstić information content (AvgIpc) is 4.23. The van der Waals surface area contributed by atoms with Crippen molar-refractivity contribution in [2.24, 2.45) is 0 Å². The number of aromatic amines is 1. The van der Waals surface area contributed by atoms with E-state index < -0.39 is 0 Å². The largest absolute Gasteiger partial charge is 0.231 e. The van der Waals surface area contributed by atoms with Crippen molar-refractivity contribution in [3.8, 4) is 79.3 Å². The molecule has 0 radical (unpaired) electrons. The Hall–Kier alpha value is -8.40. The van der Waals surface area contributed by atoms with Crippen molar-refractivity contribution in [2.45, 2.75) is 22.9 Å². The highest BCUT2D eigenvalue weighted by molar-refractivity contribution is 7.98. The van der Waals surface area contributed by atoms with Gasteiger partial charge in [0.05, 0.1) is 28.5 Å². The number of benzene rings is 5. The maximum absolute atomic E-state index is 13.4. The number of hydrogen-bond acceptors (Lipinski definition) is 15. The normalized spacial score (nSPS) is 10.7. The molecule has 15 nitrogen and oxygen atoms in total. The number of nitrogens with zero attached hydrogens (tertiary/aromatic N) is 14. The van der Waals surface area contributed by atoms with E-state index in [1.54, 1.807) is 76.5 Å². The summed E-state index contributed by atoms with van der Waals surface area (Å²) in [4.78, 5) is 26.1. The van der Waals surface area contributed by atoms with Gasteiger partial charge in [0.1, 0.15) is 51.6 Å². The van der Waals surface area contributed by atoms with Gasteiger partial charge in [-0.1, -0.05) is 89.5 Å². The standard InChI is InChI=1S/2C19H14FN5S.C13H10FN5S.CH4/c1-26-19-21-12-11-16(22-19)17-18(13-7-9-14(20)10-8-13)25(24-23-17)15-5-3-2-4-6-15;1-26-19-21-12-11-16(22-19)18-17(13-7-9-14(20)10-8-13)23-24-25(18)15-5-3-2-4-6-15;1-20-13-15-7-6-10(16-13)12-11(17-19-18-12)8-2-4-9(14)5-3-8;/h2*2-12H,1H3;2-7H,1H3,(H,17,18,19);1H4. The topological polar surface area (TPSA) is 180 Å². The van der Waals surface area contributed by atoms with E-state index in [4.69, 9.17) is 0 Å². The van der Waals surface area contributed by atoms with Gasteiger partial charge in [-0.3, -0.25) is 0 Å². The Labute approximate surface area is 430 Å². The molecular formula is C52H42F3N15S3. The number of halogens is 3. The third-order valence-corrected chi connectivity index (χ3v) is 12.1. The highest BCUT2D eigenvalue weighted by Crippen LogP contribution is 2.34. The predicted molar refractivity (Wildman–Crippen MR) is 280 cm³/mol. The number of nitrogens with one attached hydrogen (secondary N) is 1. The molecule has 5 aromatic carbocycles. The molecule has 73 heavy (non-hydrogen) atoms. The Morgan fingerprint density at radius 2 is 0.781 bits per heavy atom. The van der Waals surface area contributed by atoms with Crippen molar-refractivity contribution in [1.29, 1.82) is 0 Å². The molecule has 0 aliphatic heterocycles. The third kappa shape index (κ3) is 12.0. The van der Waals surface area contributed by atoms with Gasteiger partial charge in [0, 0.05) is 35.3 Å². The number of H-pyrrole nitrogens is 1. The van der Waals surface area contributed by atoms with E-state index in [9.17, 15) is 13.2 Å². The summed E-state index contributed by atoms with van der Waals surface area (Å²) >= 11 is 4.37. The molecular weight excluding hydrogens is 988 g/mol. The molecule has 1 N–H and O–H groups in total. The van der Waals surface area contributed by atoms with Crippen LogP contribution in [0.4, 0.5) is 13.2 Å². The van der Waals surface area contributed by atoms with E-state index in [-0.39, 0.29) is 24.9 Å². The summed E-state index contributed by atoms with van der Waals surface area (Å²) in [5.74, 6) is -0.872. The summed E-state index contributed by atoms with van der Waals surface area (Å²) in [6.45, 7) is 0. The Kier molecular flexibility index (Phi) is 16.9. The SMILES string of the molecule is C.CSc1nccc(-c2c(-c3ccc(F)cc3)nnn2-c2ccccc2)n1.CSc1nccc(-c2n[nH]nc2-c2ccc(F)cc2)n1.CSc1nccc(-c2nnn(-c3ccccc3)c2-c2ccc(F)cc2)n1. The smallest absolute Gasteiger partial charge is 0.187 e. The van der Waals surface area contributed by atoms with Crippen molar-refractivity contribution >= 4 is 35.3 Å². The highest BCUT2D eigenvalue weighted by atomic mass is 32.2. The van der Waals surface area contributed by atoms with E-state index in [2.05, 4.69) is 65.9 Å². The van der Waals surface area contributed by atoms with Crippen LogP contribution in [0.5, 0.6) is 0 Å². The van der Waals surface area contributed by atoms with Gasteiger partial charge >= 0.3 is 0 Å². The van der Waals surface area contributed by atoms with Gasteiger partial charge in [-0.05, 0) is 134 Å². The Morgan fingerprint density at radius 3 is 1.26 bits per heavy atom. The van der Waals surface area contributed by atoms with Crippen molar-refractivity contribution < 1.29 is 13.2 Å². The Bertz CT molecular complexity index is 3530. The first kappa shape index (κ1) is 51.0. The van der Waals surface area contributed by atoms with Crippen LogP contribution in [0, 0.1) is 17.5 Å². The molecule has 0 bridgehead atoms. The molecule has 6 heterocycles. The van der Waals surface area contributed by atoms with Crippen molar-refractivity contribution in [3.63, 3.8) is 0 Å². The molecule has 0 saturated carbocycles. The van der Waals surface area contributed by atoms with Gasteiger partial charge in [0.25, 0.3) is 0 Å². The summed E-state index contributed by atoms with van der Waals surface area (Å²) in [6.07, 6.45) is 10.8. The Balaban J connectivity index is 0.000000147. The first-order valence-corrected chi connectivity index (χ1v) is 25.3. The van der Waals surface area contributed by atoms with E-state index in [1.165, 1.54) is 71.7 Å². The van der Waals surface area contributed by atoms with Crippen LogP contribution in [-0.4, -0.2) is 94.1 Å². The van der Waals surface area contributed by atoms with Crippen molar-refractivity contribution in [3.05, 3.63) is 188 Å². The first-order chi connectivity index (χ1) is 35.3. The molecule has 21 heteroatoms. The van der Waals surface area contributed by atoms with E-state index in [1.807, 2.05) is 85.5 Å². The number of aromatic nitrogens is 15. The first-order valence-electron chi connectivity index (χ1n) is 21.6. The summed E-state index contributed by atoms with van der Waals surface area (Å²) in [6, 6.07) is 43.4. The second kappa shape index (κ2) is 24.1. The monoisotopic (exact) mass is 1030 g/mol. The second-order valence-corrected chi connectivity index (χ2v) is 17.2. The van der Waals surface area contributed by atoms with E-state index in [0.29, 0.717) is 55.3 Å². The zero-order valence-corrected chi connectivity index (χ0v) is 40.7. The quantitative estimate of drug-likeness (QED) is 0.0954. The van der Waals surface area contributed by atoms with Crippen LogP contribution in [0.2, 0.25) is 0 Å². The van der Waals surface area contributed by atoms with Gasteiger partial charge in [-0.15, -0.1) is 10.2 Å². The summed E-state index contributed by atoms with van der Waals surface area (Å²) in [5.41, 5.74) is 10.1. The zero-order chi connectivity index (χ0) is 49.8. The lowest BCUT2D eigenvalue weighted by Crippen LogP contribution is -2.01. The van der Waals surface area contributed by atoms with Gasteiger partial charge in [-0.2, -0.15) is 15.4 Å². The van der Waals surface area contributed by atoms with Crippen LogP contribution in [0.3, 0.4) is 0 Å². The van der Waals surface area contributed by atoms with Gasteiger partial charge in [0.2, 0.25) is 0 Å². The number of rotatable bonds is 11. The van der Waals surface area contributed by atoms with Crippen LogP contribution in [-0.2, 0) is 0 Å². The molecule has 11 aromatic rings. The van der Waals surface area contributed by atoms with Crippen LogP contribution < -0.4 is 0 Å². The third-order valence-electron chi connectivity index (χ3n) is 10.4. The number of thioether (sulfide) groups is 3. The molecule has 0 atom stereocenters. The highest BCUT2D eigenvalue weighted by Gasteiger charge is 2.22. The molecule has 0 fully saturated rings. The number of hydrogen-bond donors (Lipinski definition) is 1. The molecule has 0 unspecified atom stereocenters. The zero-order valence-electron chi connectivity index (χ0n) is 38.3. The molecule has 0 saturated heterocycles. The van der Waals surface area contributed by atoms with Crippen LogP contribution in [0.15, 0.2) is 186 Å². The molecule has 6 aromatic heterocycles. The fraction of sp³-hybridized carbons (Fsp3) is 0.0769. The molecule has 0 aliphatic rings. The van der Waals surface area contributed by atoms with Crippen LogP contribution in [0.1, 0.15) is 7.43 Å². The maximum Gasteiger partial charge on any atom is 0.187 e. The van der Waals surface area contributed by atoms with Crippen molar-refractivity contribution in [1.82, 2.24) is 75.3 Å². The fourth-order valence-corrected chi connectivity index (χ4v) is 8.13. The molecule has 364 valence electrons. The summed E-state index contributed by atoms with van der Waals surface area (Å²) in [5, 5.41) is 30.2.